The number of halogens is 1. The first-order valence-electron chi connectivity index (χ1n) is 6.68. The van der Waals surface area contributed by atoms with Crippen LogP contribution in [0.5, 0.6) is 0 Å². The van der Waals surface area contributed by atoms with Gasteiger partial charge in [0.05, 0.1) is 6.54 Å². The quantitative estimate of drug-likeness (QED) is 0.456. The average Bonchev–Trinajstić information content (AvgIpc) is 2.96. The van der Waals surface area contributed by atoms with Crippen molar-refractivity contribution in [3.63, 3.8) is 0 Å². The zero-order chi connectivity index (χ0) is 14.2. The van der Waals surface area contributed by atoms with E-state index in [1.54, 1.807) is 13.4 Å². The third-order valence-corrected chi connectivity index (χ3v) is 2.98. The van der Waals surface area contributed by atoms with Crippen LogP contribution in [0.1, 0.15) is 18.3 Å². The smallest absolute Gasteiger partial charge is 0.191 e. The van der Waals surface area contributed by atoms with E-state index in [0.29, 0.717) is 6.54 Å². The lowest BCUT2D eigenvalue weighted by atomic mass is 10.2. The maximum Gasteiger partial charge on any atom is 0.191 e. The Morgan fingerprint density at radius 2 is 1.90 bits per heavy atom. The highest BCUT2D eigenvalue weighted by Gasteiger charge is 2.04. The summed E-state index contributed by atoms with van der Waals surface area (Å²) in [6.45, 7) is 4.26. The van der Waals surface area contributed by atoms with Crippen molar-refractivity contribution in [2.75, 3.05) is 7.05 Å². The molecule has 2 aromatic rings. The Balaban J connectivity index is 0.00000220. The van der Waals surface area contributed by atoms with Crippen LogP contribution in [-0.4, -0.2) is 27.8 Å². The van der Waals surface area contributed by atoms with E-state index in [1.165, 1.54) is 5.56 Å². The van der Waals surface area contributed by atoms with Gasteiger partial charge in [-0.15, -0.1) is 34.2 Å². The largest absolute Gasteiger partial charge is 0.352 e. The summed E-state index contributed by atoms with van der Waals surface area (Å²) in [4.78, 5) is 4.20. The van der Waals surface area contributed by atoms with Gasteiger partial charge in [-0.3, -0.25) is 4.99 Å². The molecule has 0 fully saturated rings. The standard InChI is InChI=1S/C14H20N6.HI/c1-3-20-11-18-19-13(20)10-17-14(15-2)16-9-12-7-5-4-6-8-12;/h4-8,11H,3,9-10H2,1-2H3,(H2,15,16,17);1H. The molecule has 0 spiro atoms. The zero-order valence-corrected chi connectivity index (χ0v) is 14.6. The molecule has 0 amide bonds. The van der Waals surface area contributed by atoms with E-state index < -0.39 is 0 Å². The second-order valence-corrected chi connectivity index (χ2v) is 4.30. The van der Waals surface area contributed by atoms with Gasteiger partial charge in [0.2, 0.25) is 0 Å². The second kappa shape index (κ2) is 9.32. The van der Waals surface area contributed by atoms with Crippen LogP contribution < -0.4 is 10.6 Å². The molecule has 0 aliphatic carbocycles. The number of nitrogens with one attached hydrogen (secondary N) is 2. The van der Waals surface area contributed by atoms with E-state index in [2.05, 4.69) is 44.9 Å². The summed E-state index contributed by atoms with van der Waals surface area (Å²) in [5, 5.41) is 14.5. The lowest BCUT2D eigenvalue weighted by Gasteiger charge is -2.11. The van der Waals surface area contributed by atoms with E-state index >= 15 is 0 Å². The monoisotopic (exact) mass is 400 g/mol. The first-order valence-corrected chi connectivity index (χ1v) is 6.68. The number of hydrogen-bond acceptors (Lipinski definition) is 3. The molecule has 0 atom stereocenters. The van der Waals surface area contributed by atoms with Gasteiger partial charge >= 0.3 is 0 Å². The van der Waals surface area contributed by atoms with Gasteiger partial charge in [-0.05, 0) is 12.5 Å². The van der Waals surface area contributed by atoms with Gasteiger partial charge in [0.1, 0.15) is 6.33 Å². The van der Waals surface area contributed by atoms with Crippen LogP contribution in [0.3, 0.4) is 0 Å². The van der Waals surface area contributed by atoms with Crippen molar-refractivity contribution in [2.45, 2.75) is 26.6 Å². The van der Waals surface area contributed by atoms with Crippen molar-refractivity contribution in [3.8, 4) is 0 Å². The summed E-state index contributed by atoms with van der Waals surface area (Å²) in [6, 6.07) is 10.2. The Labute approximate surface area is 142 Å². The minimum absolute atomic E-state index is 0. The van der Waals surface area contributed by atoms with Crippen LogP contribution in [0.25, 0.3) is 0 Å². The van der Waals surface area contributed by atoms with Gasteiger partial charge in [0.15, 0.2) is 11.8 Å². The van der Waals surface area contributed by atoms with Gasteiger partial charge in [-0.1, -0.05) is 30.3 Å². The lowest BCUT2D eigenvalue weighted by Crippen LogP contribution is -2.36. The molecule has 0 aliphatic heterocycles. The number of benzene rings is 1. The molecule has 1 aromatic carbocycles. The van der Waals surface area contributed by atoms with Crippen LogP contribution >= 0.6 is 24.0 Å². The third kappa shape index (κ3) is 5.33. The molecule has 1 aromatic heterocycles. The lowest BCUT2D eigenvalue weighted by molar-refractivity contribution is 0.670. The van der Waals surface area contributed by atoms with Crippen molar-refractivity contribution in [3.05, 3.63) is 48.0 Å². The summed E-state index contributed by atoms with van der Waals surface area (Å²) in [5.74, 6) is 1.65. The Kier molecular flexibility index (Phi) is 7.73. The number of aliphatic imine (C=N–C) groups is 1. The minimum Gasteiger partial charge on any atom is -0.352 e. The van der Waals surface area contributed by atoms with E-state index in [-0.39, 0.29) is 24.0 Å². The molecule has 0 saturated heterocycles. The van der Waals surface area contributed by atoms with Crippen LogP contribution in [0.2, 0.25) is 0 Å². The molecular weight excluding hydrogens is 379 g/mol. The summed E-state index contributed by atoms with van der Waals surface area (Å²) in [6.07, 6.45) is 1.73. The molecule has 2 N–H and O–H groups in total. The number of hydrogen-bond donors (Lipinski definition) is 2. The van der Waals surface area contributed by atoms with Gasteiger partial charge in [-0.25, -0.2) is 0 Å². The third-order valence-electron chi connectivity index (χ3n) is 2.98. The molecule has 0 aliphatic rings. The van der Waals surface area contributed by atoms with Crippen molar-refractivity contribution >= 4 is 29.9 Å². The van der Waals surface area contributed by atoms with Gasteiger partial charge in [0.25, 0.3) is 0 Å². The molecule has 2 rings (SSSR count). The first kappa shape index (κ1) is 17.4. The fraction of sp³-hybridized carbons (Fsp3) is 0.357. The number of aromatic nitrogens is 3. The van der Waals surface area contributed by atoms with Gasteiger partial charge < -0.3 is 15.2 Å². The Hall–Kier alpha value is -1.64. The van der Waals surface area contributed by atoms with Crippen molar-refractivity contribution < 1.29 is 0 Å². The predicted molar refractivity (Wildman–Crippen MR) is 94.6 cm³/mol. The van der Waals surface area contributed by atoms with Crippen molar-refractivity contribution in [2.24, 2.45) is 4.99 Å². The highest BCUT2D eigenvalue weighted by Crippen LogP contribution is 1.97. The fourth-order valence-corrected chi connectivity index (χ4v) is 1.84. The van der Waals surface area contributed by atoms with E-state index in [0.717, 1.165) is 24.9 Å². The molecule has 114 valence electrons. The highest BCUT2D eigenvalue weighted by molar-refractivity contribution is 14.0. The SMILES string of the molecule is CCn1cnnc1CNC(=NC)NCc1ccccc1.I. The van der Waals surface area contributed by atoms with E-state index in [9.17, 15) is 0 Å². The molecule has 6 nitrogen and oxygen atoms in total. The molecule has 0 radical (unpaired) electrons. The first-order chi connectivity index (χ1) is 9.83. The van der Waals surface area contributed by atoms with E-state index in [4.69, 9.17) is 0 Å². The summed E-state index contributed by atoms with van der Waals surface area (Å²) in [5.41, 5.74) is 1.21. The molecule has 21 heavy (non-hydrogen) atoms. The molecule has 1 heterocycles. The normalized spacial score (nSPS) is 10.9. The fourth-order valence-electron chi connectivity index (χ4n) is 1.84. The van der Waals surface area contributed by atoms with Crippen molar-refractivity contribution in [1.82, 2.24) is 25.4 Å². The van der Waals surface area contributed by atoms with Gasteiger partial charge in [0, 0.05) is 20.1 Å². The van der Waals surface area contributed by atoms with E-state index in [1.807, 2.05) is 22.8 Å². The van der Waals surface area contributed by atoms with Gasteiger partial charge in [-0.2, -0.15) is 0 Å². The summed E-state index contributed by atoms with van der Waals surface area (Å²) in [7, 11) is 1.75. The maximum absolute atomic E-state index is 4.20. The maximum atomic E-state index is 4.20. The topological polar surface area (TPSA) is 67.1 Å². The van der Waals surface area contributed by atoms with Crippen LogP contribution in [0, 0.1) is 0 Å². The Morgan fingerprint density at radius 1 is 1.19 bits per heavy atom. The predicted octanol–water partition coefficient (Wildman–Crippen LogP) is 1.78. The molecule has 7 heteroatoms. The highest BCUT2D eigenvalue weighted by atomic mass is 127. The second-order valence-electron chi connectivity index (χ2n) is 4.30. The number of aryl methyl sites for hydroxylation is 1. The van der Waals surface area contributed by atoms with Crippen LogP contribution in [-0.2, 0) is 19.6 Å². The number of rotatable bonds is 5. The number of guanidine groups is 1. The molecular formula is C14H21IN6. The molecule has 0 unspecified atom stereocenters. The molecule has 0 bridgehead atoms. The summed E-state index contributed by atoms with van der Waals surface area (Å²) < 4.78 is 2.00. The molecule has 0 saturated carbocycles. The van der Waals surface area contributed by atoms with Crippen LogP contribution in [0.4, 0.5) is 0 Å². The van der Waals surface area contributed by atoms with Crippen molar-refractivity contribution in [1.29, 1.82) is 0 Å². The Bertz CT molecular complexity index is 552. The minimum atomic E-state index is 0. The van der Waals surface area contributed by atoms with Crippen LogP contribution in [0.15, 0.2) is 41.7 Å². The number of nitrogens with zero attached hydrogens (tertiary/aromatic N) is 4. The summed E-state index contributed by atoms with van der Waals surface area (Å²) >= 11 is 0. The zero-order valence-electron chi connectivity index (χ0n) is 12.3. The Morgan fingerprint density at radius 3 is 2.57 bits per heavy atom. The average molecular weight is 400 g/mol.